The van der Waals surface area contributed by atoms with E-state index in [-0.39, 0.29) is 0 Å². The van der Waals surface area contributed by atoms with Crippen LogP contribution in [0.1, 0.15) is 28.4 Å². The maximum atomic E-state index is 10.2. The highest BCUT2D eigenvalue weighted by atomic mass is 16.3. The Kier molecular flexibility index (Phi) is 4.23. The van der Waals surface area contributed by atoms with E-state index in [1.54, 1.807) is 0 Å². The van der Waals surface area contributed by atoms with Crippen molar-refractivity contribution in [3.63, 3.8) is 0 Å². The number of hydrogen-bond donors (Lipinski definition) is 2. The largest absolute Gasteiger partial charge is 0.387 e. The van der Waals surface area contributed by atoms with Gasteiger partial charge in [0.15, 0.2) is 0 Å². The predicted octanol–water partition coefficient (Wildman–Crippen LogP) is 3.76. The van der Waals surface area contributed by atoms with Crippen molar-refractivity contribution in [3.05, 3.63) is 64.7 Å². The number of aliphatic hydroxyl groups excluding tert-OH is 1. The second-order valence-electron chi connectivity index (χ2n) is 5.07. The summed E-state index contributed by atoms with van der Waals surface area (Å²) in [4.78, 5) is 0. The van der Waals surface area contributed by atoms with E-state index in [0.29, 0.717) is 6.54 Å². The van der Waals surface area contributed by atoms with Gasteiger partial charge in [0.25, 0.3) is 0 Å². The number of aliphatic hydroxyl groups is 1. The zero-order chi connectivity index (χ0) is 13.8. The van der Waals surface area contributed by atoms with Gasteiger partial charge in [-0.3, -0.25) is 0 Å². The van der Waals surface area contributed by atoms with Crippen LogP contribution in [-0.2, 0) is 0 Å². The first-order chi connectivity index (χ1) is 9.08. The van der Waals surface area contributed by atoms with Crippen molar-refractivity contribution in [2.45, 2.75) is 26.9 Å². The van der Waals surface area contributed by atoms with Gasteiger partial charge in [-0.15, -0.1) is 0 Å². The molecule has 0 bridgehead atoms. The van der Waals surface area contributed by atoms with Crippen molar-refractivity contribution in [2.24, 2.45) is 0 Å². The van der Waals surface area contributed by atoms with E-state index < -0.39 is 6.10 Å². The number of rotatable bonds is 4. The minimum Gasteiger partial charge on any atom is -0.387 e. The van der Waals surface area contributed by atoms with Crippen LogP contribution in [0, 0.1) is 20.8 Å². The first-order valence-corrected chi connectivity index (χ1v) is 6.62. The van der Waals surface area contributed by atoms with Crippen LogP contribution >= 0.6 is 0 Å². The monoisotopic (exact) mass is 255 g/mol. The lowest BCUT2D eigenvalue weighted by Gasteiger charge is -2.16. The molecule has 0 heterocycles. The van der Waals surface area contributed by atoms with Crippen LogP contribution in [0.5, 0.6) is 0 Å². The molecule has 0 aliphatic heterocycles. The summed E-state index contributed by atoms with van der Waals surface area (Å²) in [6, 6.07) is 14.2. The zero-order valence-corrected chi connectivity index (χ0v) is 11.8. The third kappa shape index (κ3) is 3.36. The molecule has 2 N–H and O–H groups in total. The fourth-order valence-electron chi connectivity index (χ4n) is 2.29. The molecule has 2 aromatic carbocycles. The molecule has 0 amide bonds. The van der Waals surface area contributed by atoms with Crippen LogP contribution in [0.4, 0.5) is 5.69 Å². The van der Waals surface area contributed by atoms with Crippen molar-refractivity contribution in [2.75, 3.05) is 11.9 Å². The molecule has 0 saturated carbocycles. The fourth-order valence-corrected chi connectivity index (χ4v) is 2.29. The highest BCUT2D eigenvalue weighted by Crippen LogP contribution is 2.20. The van der Waals surface area contributed by atoms with Gasteiger partial charge in [0.2, 0.25) is 0 Å². The molecule has 0 radical (unpaired) electrons. The summed E-state index contributed by atoms with van der Waals surface area (Å²) in [5, 5.41) is 13.6. The number of aryl methyl sites for hydroxylation is 3. The SMILES string of the molecule is Cc1ccc(NCC(O)c2ccccc2C)c(C)c1. The van der Waals surface area contributed by atoms with E-state index in [4.69, 9.17) is 0 Å². The van der Waals surface area contributed by atoms with Crippen molar-refractivity contribution in [3.8, 4) is 0 Å². The molecule has 19 heavy (non-hydrogen) atoms. The average Bonchev–Trinajstić information content (AvgIpc) is 2.38. The number of nitrogens with one attached hydrogen (secondary N) is 1. The highest BCUT2D eigenvalue weighted by Gasteiger charge is 2.09. The standard InChI is InChI=1S/C17H21NO/c1-12-8-9-16(14(3)10-12)18-11-17(19)15-7-5-4-6-13(15)2/h4-10,17-19H,11H2,1-3H3. The van der Waals surface area contributed by atoms with Crippen molar-refractivity contribution in [1.29, 1.82) is 0 Å². The van der Waals surface area contributed by atoms with Gasteiger partial charge in [0.1, 0.15) is 0 Å². The molecule has 0 saturated heterocycles. The lowest BCUT2D eigenvalue weighted by molar-refractivity contribution is 0.191. The molecule has 2 rings (SSSR count). The van der Waals surface area contributed by atoms with Gasteiger partial charge >= 0.3 is 0 Å². The van der Waals surface area contributed by atoms with Gasteiger partial charge in [0, 0.05) is 12.2 Å². The molecule has 0 aliphatic carbocycles. The smallest absolute Gasteiger partial charge is 0.0964 e. The maximum Gasteiger partial charge on any atom is 0.0964 e. The van der Waals surface area contributed by atoms with E-state index in [0.717, 1.165) is 16.8 Å². The predicted molar refractivity (Wildman–Crippen MR) is 80.5 cm³/mol. The van der Waals surface area contributed by atoms with Crippen molar-refractivity contribution >= 4 is 5.69 Å². The molecule has 0 aromatic heterocycles. The second-order valence-corrected chi connectivity index (χ2v) is 5.07. The summed E-state index contributed by atoms with van der Waals surface area (Å²) in [7, 11) is 0. The quantitative estimate of drug-likeness (QED) is 0.872. The summed E-state index contributed by atoms with van der Waals surface area (Å²) in [6.07, 6.45) is -0.484. The summed E-state index contributed by atoms with van der Waals surface area (Å²) >= 11 is 0. The van der Waals surface area contributed by atoms with Crippen LogP contribution in [-0.4, -0.2) is 11.7 Å². The molecule has 2 aromatic rings. The molecular formula is C17H21NO. The Morgan fingerprint density at radius 3 is 2.42 bits per heavy atom. The van der Waals surface area contributed by atoms with Crippen LogP contribution < -0.4 is 5.32 Å². The summed E-state index contributed by atoms with van der Waals surface area (Å²) in [5.74, 6) is 0. The summed E-state index contributed by atoms with van der Waals surface area (Å²) < 4.78 is 0. The molecule has 2 nitrogen and oxygen atoms in total. The normalized spacial score (nSPS) is 12.2. The fraction of sp³-hybridized carbons (Fsp3) is 0.294. The highest BCUT2D eigenvalue weighted by molar-refractivity contribution is 5.52. The average molecular weight is 255 g/mol. The Morgan fingerprint density at radius 2 is 1.74 bits per heavy atom. The van der Waals surface area contributed by atoms with E-state index in [1.165, 1.54) is 11.1 Å². The lowest BCUT2D eigenvalue weighted by Crippen LogP contribution is -2.13. The Labute approximate surface area is 115 Å². The summed E-state index contributed by atoms with van der Waals surface area (Å²) in [6.45, 7) is 6.71. The minimum absolute atomic E-state index is 0.484. The molecule has 100 valence electrons. The Hall–Kier alpha value is -1.80. The summed E-state index contributed by atoms with van der Waals surface area (Å²) in [5.41, 5.74) is 5.65. The van der Waals surface area contributed by atoms with E-state index in [1.807, 2.05) is 31.2 Å². The van der Waals surface area contributed by atoms with Gasteiger partial charge < -0.3 is 10.4 Å². The molecular weight excluding hydrogens is 234 g/mol. The van der Waals surface area contributed by atoms with Crippen LogP contribution in [0.2, 0.25) is 0 Å². The van der Waals surface area contributed by atoms with E-state index in [2.05, 4.69) is 37.4 Å². The van der Waals surface area contributed by atoms with Crippen LogP contribution in [0.15, 0.2) is 42.5 Å². The molecule has 1 atom stereocenters. The first-order valence-electron chi connectivity index (χ1n) is 6.62. The van der Waals surface area contributed by atoms with E-state index in [9.17, 15) is 5.11 Å². The number of hydrogen-bond acceptors (Lipinski definition) is 2. The maximum absolute atomic E-state index is 10.2. The van der Waals surface area contributed by atoms with Gasteiger partial charge in [-0.1, -0.05) is 42.0 Å². The Bertz CT molecular complexity index is 563. The van der Waals surface area contributed by atoms with Gasteiger partial charge in [-0.2, -0.15) is 0 Å². The molecule has 0 aliphatic rings. The molecule has 1 unspecified atom stereocenters. The van der Waals surface area contributed by atoms with Gasteiger partial charge in [0.05, 0.1) is 6.10 Å². The van der Waals surface area contributed by atoms with Crippen LogP contribution in [0.25, 0.3) is 0 Å². The Morgan fingerprint density at radius 1 is 1.00 bits per heavy atom. The number of benzene rings is 2. The lowest BCUT2D eigenvalue weighted by atomic mass is 10.0. The third-order valence-corrected chi connectivity index (χ3v) is 3.42. The minimum atomic E-state index is -0.484. The molecule has 2 heteroatoms. The second kappa shape index (κ2) is 5.89. The van der Waals surface area contributed by atoms with E-state index >= 15 is 0 Å². The number of anilines is 1. The topological polar surface area (TPSA) is 32.3 Å². The van der Waals surface area contributed by atoms with Crippen molar-refractivity contribution in [1.82, 2.24) is 0 Å². The first kappa shape index (κ1) is 13.6. The molecule has 0 fully saturated rings. The van der Waals surface area contributed by atoms with Crippen LogP contribution in [0.3, 0.4) is 0 Å². The van der Waals surface area contributed by atoms with Gasteiger partial charge in [-0.25, -0.2) is 0 Å². The van der Waals surface area contributed by atoms with Crippen molar-refractivity contribution < 1.29 is 5.11 Å². The third-order valence-electron chi connectivity index (χ3n) is 3.42. The zero-order valence-electron chi connectivity index (χ0n) is 11.8. The molecule has 0 spiro atoms. The Balaban J connectivity index is 2.04. The van der Waals surface area contributed by atoms with Gasteiger partial charge in [-0.05, 0) is 43.5 Å².